The molecule has 4 heteroatoms. The number of rotatable bonds is 12. The first kappa shape index (κ1) is 18.9. The highest BCUT2D eigenvalue weighted by molar-refractivity contribution is 5.77. The van der Waals surface area contributed by atoms with Crippen molar-refractivity contribution in [3.8, 4) is 0 Å². The van der Waals surface area contributed by atoms with Crippen LogP contribution in [-0.2, 0) is 19.1 Å². The van der Waals surface area contributed by atoms with Gasteiger partial charge in [-0.25, -0.2) is 0 Å². The predicted octanol–water partition coefficient (Wildman–Crippen LogP) is 4.01. The van der Waals surface area contributed by atoms with Gasteiger partial charge in [0, 0.05) is 0 Å². The molecule has 0 saturated heterocycles. The van der Waals surface area contributed by atoms with Crippen LogP contribution in [0.25, 0.3) is 0 Å². The Balaban J connectivity index is 3.76. The summed E-state index contributed by atoms with van der Waals surface area (Å²) in [5.41, 5.74) is 0. The molecule has 0 saturated carbocycles. The van der Waals surface area contributed by atoms with E-state index in [0.29, 0.717) is 6.61 Å². The van der Waals surface area contributed by atoms with Crippen LogP contribution in [0.1, 0.15) is 78.6 Å². The SMILES string of the molecule is CCCCCOC(=O)CCC(=O)OC(CCC)CCC. The molecule has 0 amide bonds. The van der Waals surface area contributed by atoms with E-state index in [9.17, 15) is 9.59 Å². The first-order chi connectivity index (χ1) is 9.63. The summed E-state index contributed by atoms with van der Waals surface area (Å²) in [7, 11) is 0. The molecule has 20 heavy (non-hydrogen) atoms. The molecule has 0 aromatic rings. The highest BCUT2D eigenvalue weighted by atomic mass is 16.5. The van der Waals surface area contributed by atoms with Gasteiger partial charge in [0.25, 0.3) is 0 Å². The molecule has 0 fully saturated rings. The van der Waals surface area contributed by atoms with Gasteiger partial charge in [-0.1, -0.05) is 46.5 Å². The molecule has 118 valence electrons. The second-order valence-electron chi connectivity index (χ2n) is 5.12. The van der Waals surface area contributed by atoms with Crippen LogP contribution in [0.3, 0.4) is 0 Å². The van der Waals surface area contributed by atoms with Crippen molar-refractivity contribution < 1.29 is 19.1 Å². The molecular weight excluding hydrogens is 256 g/mol. The van der Waals surface area contributed by atoms with E-state index in [2.05, 4.69) is 20.8 Å². The van der Waals surface area contributed by atoms with Crippen LogP contribution in [-0.4, -0.2) is 24.6 Å². The Bertz CT molecular complexity index is 257. The maximum atomic E-state index is 11.7. The van der Waals surface area contributed by atoms with Gasteiger partial charge in [-0.3, -0.25) is 9.59 Å². The van der Waals surface area contributed by atoms with E-state index in [4.69, 9.17) is 9.47 Å². The quantitative estimate of drug-likeness (QED) is 0.402. The van der Waals surface area contributed by atoms with E-state index >= 15 is 0 Å². The number of carbonyl (C=O) groups is 2. The Morgan fingerprint density at radius 1 is 0.850 bits per heavy atom. The number of esters is 2. The monoisotopic (exact) mass is 286 g/mol. The number of unbranched alkanes of at least 4 members (excludes halogenated alkanes) is 2. The average molecular weight is 286 g/mol. The minimum absolute atomic E-state index is 0.00178. The second-order valence-corrected chi connectivity index (χ2v) is 5.12. The van der Waals surface area contributed by atoms with Gasteiger partial charge in [0.2, 0.25) is 0 Å². The van der Waals surface area contributed by atoms with Crippen LogP contribution in [0.4, 0.5) is 0 Å². The summed E-state index contributed by atoms with van der Waals surface area (Å²) < 4.78 is 10.4. The Morgan fingerprint density at radius 3 is 2.00 bits per heavy atom. The molecule has 0 radical (unpaired) electrons. The van der Waals surface area contributed by atoms with Crippen LogP contribution in [0.15, 0.2) is 0 Å². The molecule has 0 atom stereocenters. The predicted molar refractivity (Wildman–Crippen MR) is 79.4 cm³/mol. The molecule has 0 unspecified atom stereocenters. The number of carbonyl (C=O) groups excluding carboxylic acids is 2. The van der Waals surface area contributed by atoms with Gasteiger partial charge in [-0.05, 0) is 19.3 Å². The first-order valence-corrected chi connectivity index (χ1v) is 7.99. The minimum atomic E-state index is -0.305. The normalized spacial score (nSPS) is 10.6. The van der Waals surface area contributed by atoms with Crippen molar-refractivity contribution in [2.24, 2.45) is 0 Å². The molecule has 0 aliphatic carbocycles. The lowest BCUT2D eigenvalue weighted by molar-refractivity contribution is -0.154. The van der Waals surface area contributed by atoms with Gasteiger partial charge < -0.3 is 9.47 Å². The van der Waals surface area contributed by atoms with Gasteiger partial charge in [-0.2, -0.15) is 0 Å². The van der Waals surface area contributed by atoms with Crippen molar-refractivity contribution in [3.05, 3.63) is 0 Å². The molecule has 0 aliphatic rings. The molecule has 4 nitrogen and oxygen atoms in total. The molecule has 0 spiro atoms. The van der Waals surface area contributed by atoms with Crippen LogP contribution in [0.2, 0.25) is 0 Å². The maximum absolute atomic E-state index is 11.7. The zero-order valence-corrected chi connectivity index (χ0v) is 13.3. The molecule has 0 bridgehead atoms. The highest BCUT2D eigenvalue weighted by Gasteiger charge is 2.14. The van der Waals surface area contributed by atoms with E-state index in [-0.39, 0.29) is 30.9 Å². The Labute approximate surface area is 123 Å². The van der Waals surface area contributed by atoms with Crippen LogP contribution >= 0.6 is 0 Å². The van der Waals surface area contributed by atoms with Crippen molar-refractivity contribution in [1.29, 1.82) is 0 Å². The van der Waals surface area contributed by atoms with Crippen molar-refractivity contribution in [2.45, 2.75) is 84.7 Å². The van der Waals surface area contributed by atoms with Crippen LogP contribution in [0, 0.1) is 0 Å². The minimum Gasteiger partial charge on any atom is -0.466 e. The molecule has 0 aliphatic heterocycles. The van der Waals surface area contributed by atoms with Crippen molar-refractivity contribution in [1.82, 2.24) is 0 Å². The summed E-state index contributed by atoms with van der Waals surface area (Å²) in [6.07, 6.45) is 7.06. The van der Waals surface area contributed by atoms with Gasteiger partial charge in [0.15, 0.2) is 0 Å². The molecule has 0 N–H and O–H groups in total. The molecule has 0 heterocycles. The van der Waals surface area contributed by atoms with Crippen LogP contribution in [0.5, 0.6) is 0 Å². The third-order valence-electron chi connectivity index (χ3n) is 3.06. The van der Waals surface area contributed by atoms with Gasteiger partial charge in [0.1, 0.15) is 6.10 Å². The van der Waals surface area contributed by atoms with E-state index in [0.717, 1.165) is 44.9 Å². The fourth-order valence-electron chi connectivity index (χ4n) is 1.97. The third-order valence-corrected chi connectivity index (χ3v) is 3.06. The summed E-state index contributed by atoms with van der Waals surface area (Å²) in [6.45, 7) is 6.70. The van der Waals surface area contributed by atoms with E-state index in [1.165, 1.54) is 0 Å². The fourth-order valence-corrected chi connectivity index (χ4v) is 1.97. The fraction of sp³-hybridized carbons (Fsp3) is 0.875. The summed E-state index contributed by atoms with van der Waals surface area (Å²) in [6, 6.07) is 0. The Morgan fingerprint density at radius 2 is 1.45 bits per heavy atom. The lowest BCUT2D eigenvalue weighted by Gasteiger charge is -2.16. The van der Waals surface area contributed by atoms with Crippen molar-refractivity contribution >= 4 is 11.9 Å². The lowest BCUT2D eigenvalue weighted by atomic mass is 10.1. The average Bonchev–Trinajstić information content (AvgIpc) is 2.42. The number of hydrogen-bond donors (Lipinski definition) is 0. The largest absolute Gasteiger partial charge is 0.466 e. The molecular formula is C16H30O4. The van der Waals surface area contributed by atoms with Gasteiger partial charge in [-0.15, -0.1) is 0 Å². The van der Waals surface area contributed by atoms with Crippen molar-refractivity contribution in [2.75, 3.05) is 6.61 Å². The zero-order chi connectivity index (χ0) is 15.2. The number of ether oxygens (including phenoxy) is 2. The Hall–Kier alpha value is -1.06. The maximum Gasteiger partial charge on any atom is 0.306 e. The third kappa shape index (κ3) is 10.8. The smallest absolute Gasteiger partial charge is 0.306 e. The van der Waals surface area contributed by atoms with Crippen molar-refractivity contribution in [3.63, 3.8) is 0 Å². The highest BCUT2D eigenvalue weighted by Crippen LogP contribution is 2.11. The lowest BCUT2D eigenvalue weighted by Crippen LogP contribution is -2.19. The summed E-state index contributed by atoms with van der Waals surface area (Å²) in [4.78, 5) is 23.1. The summed E-state index contributed by atoms with van der Waals surface area (Å²) in [5.74, 6) is -0.594. The second kappa shape index (κ2) is 12.9. The number of hydrogen-bond acceptors (Lipinski definition) is 4. The van der Waals surface area contributed by atoms with Gasteiger partial charge >= 0.3 is 11.9 Å². The molecule has 0 rings (SSSR count). The zero-order valence-electron chi connectivity index (χ0n) is 13.3. The van der Waals surface area contributed by atoms with E-state index < -0.39 is 0 Å². The summed E-state index contributed by atoms with van der Waals surface area (Å²) in [5, 5.41) is 0. The molecule has 0 aromatic carbocycles. The van der Waals surface area contributed by atoms with E-state index in [1.807, 2.05) is 0 Å². The topological polar surface area (TPSA) is 52.6 Å². The van der Waals surface area contributed by atoms with Crippen LogP contribution < -0.4 is 0 Å². The van der Waals surface area contributed by atoms with Gasteiger partial charge in [0.05, 0.1) is 19.4 Å². The van der Waals surface area contributed by atoms with E-state index in [1.54, 1.807) is 0 Å². The standard InChI is InChI=1S/C16H30O4/c1-4-7-8-13-19-15(17)11-12-16(18)20-14(9-5-2)10-6-3/h14H,4-13H2,1-3H3. The Kier molecular flexibility index (Phi) is 12.3. The summed E-state index contributed by atoms with van der Waals surface area (Å²) >= 11 is 0. The molecule has 0 aromatic heterocycles. The first-order valence-electron chi connectivity index (χ1n) is 7.99.